The van der Waals surface area contributed by atoms with Crippen molar-refractivity contribution in [3.05, 3.63) is 47.3 Å². The van der Waals surface area contributed by atoms with Crippen molar-refractivity contribution in [3.63, 3.8) is 0 Å². The molecular weight excluding hydrogens is 388 g/mol. The fourth-order valence-electron chi connectivity index (χ4n) is 4.17. The van der Waals surface area contributed by atoms with Crippen LogP contribution in [0.1, 0.15) is 36.7 Å². The molecule has 2 heterocycles. The Morgan fingerprint density at radius 2 is 1.97 bits per heavy atom. The van der Waals surface area contributed by atoms with Crippen molar-refractivity contribution in [2.45, 2.75) is 57.1 Å². The van der Waals surface area contributed by atoms with E-state index in [1.807, 2.05) is 17.7 Å². The molecule has 1 fully saturated rings. The fraction of sp³-hybridized carbons (Fsp3) is 0.571. The number of methoxy groups -OCH3 is 1. The minimum atomic E-state index is -3.59. The maximum atomic E-state index is 13.0. The molecule has 1 aromatic carbocycles. The summed E-state index contributed by atoms with van der Waals surface area (Å²) in [6.07, 6.45) is 1.39. The Labute approximate surface area is 174 Å². The minimum Gasteiger partial charge on any atom is -0.385 e. The first-order valence-electron chi connectivity index (χ1n) is 10.1. The molecule has 2 aromatic rings. The van der Waals surface area contributed by atoms with Crippen molar-refractivity contribution in [1.82, 2.24) is 19.4 Å². The Hall–Kier alpha value is -1.74. The molecule has 0 unspecified atom stereocenters. The third-order valence-electron chi connectivity index (χ3n) is 5.83. The number of ether oxygens (including phenoxy) is 1. The zero-order valence-electron chi connectivity index (χ0n) is 17.8. The van der Waals surface area contributed by atoms with E-state index in [2.05, 4.69) is 28.6 Å². The molecule has 1 aliphatic heterocycles. The number of nitrogens with zero attached hydrogens (tertiary/aromatic N) is 3. The number of benzene rings is 1. The van der Waals surface area contributed by atoms with Crippen molar-refractivity contribution >= 4 is 10.0 Å². The maximum Gasteiger partial charge on any atom is 0.241 e. The topological polar surface area (TPSA) is 76.5 Å². The summed E-state index contributed by atoms with van der Waals surface area (Å²) in [6.45, 7) is 9.85. The predicted molar refractivity (Wildman–Crippen MR) is 113 cm³/mol. The van der Waals surface area contributed by atoms with Crippen LogP contribution in [-0.2, 0) is 27.8 Å². The summed E-state index contributed by atoms with van der Waals surface area (Å²) < 4.78 is 36.3. The van der Waals surface area contributed by atoms with Gasteiger partial charge in [0.2, 0.25) is 10.0 Å². The van der Waals surface area contributed by atoms with E-state index in [9.17, 15) is 8.42 Å². The van der Waals surface area contributed by atoms with E-state index in [0.29, 0.717) is 24.5 Å². The molecule has 0 spiro atoms. The lowest BCUT2D eigenvalue weighted by molar-refractivity contribution is 0.161. The SMILES string of the molecule is CCn1nc(C)c(CN2CC[C@](CCOC)(NS(=O)(=O)c3ccccc3)C2)c1C. The summed E-state index contributed by atoms with van der Waals surface area (Å²) in [5.41, 5.74) is 2.93. The van der Waals surface area contributed by atoms with Gasteiger partial charge in [-0.3, -0.25) is 9.58 Å². The molecule has 160 valence electrons. The summed E-state index contributed by atoms with van der Waals surface area (Å²) in [6, 6.07) is 8.57. The van der Waals surface area contributed by atoms with Gasteiger partial charge in [0, 0.05) is 56.7 Å². The number of aryl methyl sites for hydroxylation is 2. The number of rotatable bonds is 9. The Kier molecular flexibility index (Phi) is 6.78. The highest BCUT2D eigenvalue weighted by molar-refractivity contribution is 7.89. The lowest BCUT2D eigenvalue weighted by Crippen LogP contribution is -2.51. The summed E-state index contributed by atoms with van der Waals surface area (Å²) in [5, 5.41) is 4.61. The first-order valence-corrected chi connectivity index (χ1v) is 11.6. The molecule has 8 heteroatoms. The molecule has 0 amide bonds. The van der Waals surface area contributed by atoms with Gasteiger partial charge in [-0.05, 0) is 45.7 Å². The average Bonchev–Trinajstić information content (AvgIpc) is 3.22. The summed E-state index contributed by atoms with van der Waals surface area (Å²) >= 11 is 0. The number of nitrogens with one attached hydrogen (secondary N) is 1. The molecule has 1 N–H and O–H groups in total. The predicted octanol–water partition coefficient (Wildman–Crippen LogP) is 2.48. The highest BCUT2D eigenvalue weighted by Gasteiger charge is 2.41. The van der Waals surface area contributed by atoms with Gasteiger partial charge < -0.3 is 4.74 Å². The van der Waals surface area contributed by atoms with E-state index < -0.39 is 15.6 Å². The lowest BCUT2D eigenvalue weighted by Gasteiger charge is -2.30. The first kappa shape index (κ1) is 22.0. The van der Waals surface area contributed by atoms with Crippen LogP contribution < -0.4 is 4.72 Å². The Balaban J connectivity index is 1.79. The normalized spacial score (nSPS) is 20.4. The summed E-state index contributed by atoms with van der Waals surface area (Å²) in [7, 11) is -1.94. The van der Waals surface area contributed by atoms with Crippen LogP contribution in [0.2, 0.25) is 0 Å². The molecule has 3 rings (SSSR count). The van der Waals surface area contributed by atoms with Gasteiger partial charge in [0.25, 0.3) is 0 Å². The second-order valence-electron chi connectivity index (χ2n) is 7.87. The van der Waals surface area contributed by atoms with Crippen molar-refractivity contribution in [1.29, 1.82) is 0 Å². The van der Waals surface area contributed by atoms with E-state index in [0.717, 1.165) is 31.7 Å². The van der Waals surface area contributed by atoms with Gasteiger partial charge in [0.15, 0.2) is 0 Å². The quantitative estimate of drug-likeness (QED) is 0.674. The number of hydrogen-bond acceptors (Lipinski definition) is 5. The minimum absolute atomic E-state index is 0.297. The summed E-state index contributed by atoms with van der Waals surface area (Å²) in [5.74, 6) is 0. The smallest absolute Gasteiger partial charge is 0.241 e. The number of likely N-dealkylation sites (tertiary alicyclic amines) is 1. The first-order chi connectivity index (χ1) is 13.8. The van der Waals surface area contributed by atoms with Crippen molar-refractivity contribution < 1.29 is 13.2 Å². The van der Waals surface area contributed by atoms with E-state index in [-0.39, 0.29) is 0 Å². The van der Waals surface area contributed by atoms with Crippen molar-refractivity contribution in [2.24, 2.45) is 0 Å². The Morgan fingerprint density at radius 1 is 1.24 bits per heavy atom. The van der Waals surface area contributed by atoms with Gasteiger partial charge in [0.05, 0.1) is 10.6 Å². The van der Waals surface area contributed by atoms with Crippen LogP contribution in [0.4, 0.5) is 0 Å². The van der Waals surface area contributed by atoms with Gasteiger partial charge in [-0.1, -0.05) is 18.2 Å². The summed E-state index contributed by atoms with van der Waals surface area (Å²) in [4.78, 5) is 2.62. The lowest BCUT2D eigenvalue weighted by atomic mass is 9.96. The average molecular weight is 421 g/mol. The molecule has 1 aliphatic rings. The van der Waals surface area contributed by atoms with E-state index >= 15 is 0 Å². The maximum absolute atomic E-state index is 13.0. The Bertz CT molecular complexity index is 927. The van der Waals surface area contributed by atoms with Crippen LogP contribution in [0.3, 0.4) is 0 Å². The highest BCUT2D eigenvalue weighted by atomic mass is 32.2. The van der Waals surface area contributed by atoms with Crippen molar-refractivity contribution in [3.8, 4) is 0 Å². The molecular formula is C21H32N4O3S. The van der Waals surface area contributed by atoms with Gasteiger partial charge in [-0.25, -0.2) is 13.1 Å². The van der Waals surface area contributed by atoms with Gasteiger partial charge in [-0.2, -0.15) is 5.10 Å². The second kappa shape index (κ2) is 8.95. The van der Waals surface area contributed by atoms with Crippen LogP contribution in [0.5, 0.6) is 0 Å². The molecule has 29 heavy (non-hydrogen) atoms. The van der Waals surface area contributed by atoms with Gasteiger partial charge >= 0.3 is 0 Å². The third-order valence-corrected chi connectivity index (χ3v) is 7.43. The Morgan fingerprint density at radius 3 is 2.59 bits per heavy atom. The molecule has 1 atom stereocenters. The van der Waals surface area contributed by atoms with E-state index in [1.165, 1.54) is 11.3 Å². The molecule has 0 aliphatic carbocycles. The van der Waals surface area contributed by atoms with Crippen LogP contribution in [0.15, 0.2) is 35.2 Å². The van der Waals surface area contributed by atoms with Crippen LogP contribution in [0, 0.1) is 13.8 Å². The monoisotopic (exact) mass is 420 g/mol. The number of aromatic nitrogens is 2. The largest absolute Gasteiger partial charge is 0.385 e. The molecule has 0 bridgehead atoms. The van der Waals surface area contributed by atoms with E-state index in [1.54, 1.807) is 31.4 Å². The van der Waals surface area contributed by atoms with E-state index in [4.69, 9.17) is 4.74 Å². The second-order valence-corrected chi connectivity index (χ2v) is 9.55. The molecule has 1 aromatic heterocycles. The number of hydrogen-bond donors (Lipinski definition) is 1. The molecule has 0 saturated carbocycles. The molecule has 7 nitrogen and oxygen atoms in total. The van der Waals surface area contributed by atoms with Gasteiger partial charge in [0.1, 0.15) is 0 Å². The zero-order valence-corrected chi connectivity index (χ0v) is 18.6. The third kappa shape index (κ3) is 4.88. The zero-order chi connectivity index (χ0) is 21.1. The highest BCUT2D eigenvalue weighted by Crippen LogP contribution is 2.29. The van der Waals surface area contributed by atoms with Crippen LogP contribution in [-0.4, -0.2) is 55.4 Å². The standard InChI is InChI=1S/C21H32N4O3S/c1-5-25-18(3)20(17(2)22-25)15-24-13-11-21(16-24,12-14-28-4)23-29(26,27)19-9-7-6-8-10-19/h6-10,23H,5,11-16H2,1-4H3/t21-/m1/s1. The van der Waals surface area contributed by atoms with Crippen LogP contribution >= 0.6 is 0 Å². The molecule has 0 radical (unpaired) electrons. The van der Waals surface area contributed by atoms with Gasteiger partial charge in [-0.15, -0.1) is 0 Å². The number of sulfonamides is 1. The van der Waals surface area contributed by atoms with Crippen molar-refractivity contribution in [2.75, 3.05) is 26.8 Å². The van der Waals surface area contributed by atoms with Crippen LogP contribution in [0.25, 0.3) is 0 Å². The fourth-order valence-corrected chi connectivity index (χ4v) is 5.64. The molecule has 1 saturated heterocycles.